The van der Waals surface area contributed by atoms with Crippen molar-refractivity contribution in [3.05, 3.63) is 36.5 Å². The molecule has 2 heterocycles. The van der Waals surface area contributed by atoms with Crippen molar-refractivity contribution in [2.75, 3.05) is 23.9 Å². The van der Waals surface area contributed by atoms with Crippen LogP contribution in [0.4, 0.5) is 17.5 Å². The summed E-state index contributed by atoms with van der Waals surface area (Å²) >= 11 is 1.70. The van der Waals surface area contributed by atoms with E-state index >= 15 is 0 Å². The summed E-state index contributed by atoms with van der Waals surface area (Å²) < 4.78 is 0. The molecule has 0 bridgehead atoms. The summed E-state index contributed by atoms with van der Waals surface area (Å²) in [5, 5.41) is 6.37. The number of H-pyrrole nitrogens is 1. The van der Waals surface area contributed by atoms with Gasteiger partial charge < -0.3 is 15.6 Å². The third-order valence-corrected chi connectivity index (χ3v) is 3.79. The van der Waals surface area contributed by atoms with E-state index in [1.54, 1.807) is 11.8 Å². The topological polar surface area (TPSA) is 65.6 Å². The first-order chi connectivity index (χ1) is 9.81. The molecule has 0 aliphatic heterocycles. The molecule has 2 aromatic heterocycles. The Morgan fingerprint density at radius 1 is 1.15 bits per heavy atom. The average Bonchev–Trinajstić information content (AvgIpc) is 2.96. The number of nitrogens with one attached hydrogen (secondary N) is 3. The lowest BCUT2D eigenvalue weighted by atomic mass is 10.3. The zero-order chi connectivity index (χ0) is 13.9. The van der Waals surface area contributed by atoms with Crippen molar-refractivity contribution in [2.45, 2.75) is 4.90 Å². The molecule has 0 spiro atoms. The monoisotopic (exact) mass is 285 g/mol. The summed E-state index contributed by atoms with van der Waals surface area (Å²) in [6.45, 7) is 0. The highest BCUT2D eigenvalue weighted by atomic mass is 32.2. The Hall–Kier alpha value is -2.21. The van der Waals surface area contributed by atoms with Gasteiger partial charge in [0.2, 0.25) is 5.95 Å². The van der Waals surface area contributed by atoms with Gasteiger partial charge in [0.05, 0.1) is 11.2 Å². The van der Waals surface area contributed by atoms with Gasteiger partial charge in [0.1, 0.15) is 5.52 Å². The molecule has 6 heteroatoms. The van der Waals surface area contributed by atoms with Crippen LogP contribution in [0, 0.1) is 0 Å². The van der Waals surface area contributed by atoms with Crippen molar-refractivity contribution in [3.63, 3.8) is 0 Å². The van der Waals surface area contributed by atoms with Crippen LogP contribution in [0.2, 0.25) is 0 Å². The van der Waals surface area contributed by atoms with Crippen molar-refractivity contribution < 1.29 is 0 Å². The fourth-order valence-corrected chi connectivity index (χ4v) is 2.58. The molecule has 3 aromatic rings. The van der Waals surface area contributed by atoms with Gasteiger partial charge in [0.25, 0.3) is 0 Å². The Labute approximate surface area is 121 Å². The van der Waals surface area contributed by atoms with Crippen LogP contribution in [0.1, 0.15) is 0 Å². The number of aromatic amines is 1. The average molecular weight is 285 g/mol. The van der Waals surface area contributed by atoms with Crippen molar-refractivity contribution in [1.82, 2.24) is 15.0 Å². The molecular weight excluding hydrogens is 270 g/mol. The molecule has 0 atom stereocenters. The van der Waals surface area contributed by atoms with E-state index in [0.29, 0.717) is 5.95 Å². The predicted octanol–water partition coefficient (Wildman–Crippen LogP) is 3.47. The summed E-state index contributed by atoms with van der Waals surface area (Å²) in [5.41, 5.74) is 2.82. The zero-order valence-corrected chi connectivity index (χ0v) is 12.1. The molecule has 20 heavy (non-hydrogen) atoms. The number of para-hydroxylation sites is 1. The molecule has 0 aliphatic carbocycles. The summed E-state index contributed by atoms with van der Waals surface area (Å²) in [6, 6.07) is 10.1. The van der Waals surface area contributed by atoms with Gasteiger partial charge >= 0.3 is 0 Å². The molecule has 0 saturated heterocycles. The van der Waals surface area contributed by atoms with E-state index in [9.17, 15) is 0 Å². The van der Waals surface area contributed by atoms with Gasteiger partial charge in [-0.05, 0) is 24.5 Å². The fraction of sp³-hybridized carbons (Fsp3) is 0.143. The number of hydrogen-bond donors (Lipinski definition) is 3. The third-order valence-electron chi connectivity index (χ3n) is 2.99. The molecule has 102 valence electrons. The number of fused-ring (bicyclic) bond motifs is 1. The van der Waals surface area contributed by atoms with E-state index in [0.717, 1.165) is 22.5 Å². The number of hydrogen-bond acceptors (Lipinski definition) is 5. The molecular formula is C14H15N5S. The summed E-state index contributed by atoms with van der Waals surface area (Å²) in [4.78, 5) is 13.2. The standard InChI is InChI=1S/C14H15N5S/c1-15-14-18-10-7-8-16-12(10)13(19-14)17-9-5-3-4-6-11(9)20-2/h3-8,16H,1-2H3,(H2,15,17,18,19). The number of nitrogens with zero attached hydrogens (tertiary/aromatic N) is 2. The molecule has 5 nitrogen and oxygen atoms in total. The summed E-state index contributed by atoms with van der Waals surface area (Å²) in [6.07, 6.45) is 3.92. The van der Waals surface area contributed by atoms with E-state index in [4.69, 9.17) is 0 Å². The number of aromatic nitrogens is 3. The molecule has 0 unspecified atom stereocenters. The van der Waals surface area contributed by atoms with Gasteiger partial charge in [-0.15, -0.1) is 11.8 Å². The molecule has 0 radical (unpaired) electrons. The maximum atomic E-state index is 4.49. The molecule has 3 rings (SSSR count). The van der Waals surface area contributed by atoms with Gasteiger partial charge in [-0.3, -0.25) is 0 Å². The smallest absolute Gasteiger partial charge is 0.225 e. The minimum absolute atomic E-state index is 0.598. The van der Waals surface area contributed by atoms with E-state index in [1.165, 1.54) is 4.90 Å². The number of thioether (sulfide) groups is 1. The minimum atomic E-state index is 0.598. The van der Waals surface area contributed by atoms with Crippen LogP contribution in [-0.2, 0) is 0 Å². The second-order valence-corrected chi connectivity index (χ2v) is 5.06. The normalized spacial score (nSPS) is 10.7. The molecule has 1 aromatic carbocycles. The maximum Gasteiger partial charge on any atom is 0.225 e. The lowest BCUT2D eigenvalue weighted by molar-refractivity contribution is 1.19. The van der Waals surface area contributed by atoms with Crippen molar-refractivity contribution in [1.29, 1.82) is 0 Å². The quantitative estimate of drug-likeness (QED) is 0.641. The van der Waals surface area contributed by atoms with Gasteiger partial charge in [0.15, 0.2) is 5.82 Å². The van der Waals surface area contributed by atoms with Crippen molar-refractivity contribution in [3.8, 4) is 0 Å². The van der Waals surface area contributed by atoms with Crippen LogP contribution < -0.4 is 10.6 Å². The second kappa shape index (κ2) is 5.42. The van der Waals surface area contributed by atoms with Crippen LogP contribution >= 0.6 is 11.8 Å². The van der Waals surface area contributed by atoms with Gasteiger partial charge in [-0.2, -0.15) is 4.98 Å². The van der Waals surface area contributed by atoms with Crippen LogP contribution in [0.5, 0.6) is 0 Å². The molecule has 0 fully saturated rings. The largest absolute Gasteiger partial charge is 0.357 e. The van der Waals surface area contributed by atoms with E-state index in [1.807, 2.05) is 37.5 Å². The third kappa shape index (κ3) is 2.30. The molecule has 3 N–H and O–H groups in total. The maximum absolute atomic E-state index is 4.49. The highest BCUT2D eigenvalue weighted by molar-refractivity contribution is 7.98. The Balaban J connectivity index is 2.07. The number of benzene rings is 1. The van der Waals surface area contributed by atoms with E-state index < -0.39 is 0 Å². The van der Waals surface area contributed by atoms with Gasteiger partial charge in [0, 0.05) is 18.1 Å². The van der Waals surface area contributed by atoms with Gasteiger partial charge in [-0.25, -0.2) is 4.98 Å². The Morgan fingerprint density at radius 3 is 2.80 bits per heavy atom. The molecule has 0 aliphatic rings. The lowest BCUT2D eigenvalue weighted by Gasteiger charge is -2.11. The number of anilines is 3. The highest BCUT2D eigenvalue weighted by Gasteiger charge is 2.09. The van der Waals surface area contributed by atoms with Crippen molar-refractivity contribution >= 4 is 40.2 Å². The summed E-state index contributed by atoms with van der Waals surface area (Å²) in [7, 11) is 1.81. The predicted molar refractivity (Wildman–Crippen MR) is 84.9 cm³/mol. The highest BCUT2D eigenvalue weighted by Crippen LogP contribution is 2.29. The molecule has 0 amide bonds. The zero-order valence-electron chi connectivity index (χ0n) is 11.3. The number of rotatable bonds is 4. The first kappa shape index (κ1) is 12.8. The SMILES string of the molecule is CNc1nc(Nc2ccccc2SC)c2[nH]ccc2n1. The van der Waals surface area contributed by atoms with Crippen LogP contribution in [0.3, 0.4) is 0 Å². The minimum Gasteiger partial charge on any atom is -0.357 e. The Morgan fingerprint density at radius 2 is 2.00 bits per heavy atom. The van der Waals surface area contributed by atoms with Crippen LogP contribution in [0.15, 0.2) is 41.4 Å². The van der Waals surface area contributed by atoms with Crippen LogP contribution in [0.25, 0.3) is 11.0 Å². The first-order valence-corrected chi connectivity index (χ1v) is 7.47. The van der Waals surface area contributed by atoms with Gasteiger partial charge in [-0.1, -0.05) is 12.1 Å². The fourth-order valence-electron chi connectivity index (χ4n) is 2.02. The van der Waals surface area contributed by atoms with Crippen molar-refractivity contribution in [2.24, 2.45) is 0 Å². The van der Waals surface area contributed by atoms with E-state index in [2.05, 4.69) is 37.9 Å². The summed E-state index contributed by atoms with van der Waals surface area (Å²) in [5.74, 6) is 1.37. The lowest BCUT2D eigenvalue weighted by Crippen LogP contribution is -2.02. The molecule has 0 saturated carbocycles. The van der Waals surface area contributed by atoms with Crippen LogP contribution in [-0.4, -0.2) is 28.3 Å². The first-order valence-electron chi connectivity index (χ1n) is 6.24. The van der Waals surface area contributed by atoms with E-state index in [-0.39, 0.29) is 0 Å². The second-order valence-electron chi connectivity index (χ2n) is 4.21. The Kier molecular flexibility index (Phi) is 3.47. The Bertz CT molecular complexity index is 737.